The SMILES string of the molecule is C=N/C(=C\C=NC1CCCCC1)c1cccnc1Oc1ccc(C)c(C)c1.CC.CC.CC.CC.CCC. The molecule has 1 aliphatic rings. The summed E-state index contributed by atoms with van der Waals surface area (Å²) in [6.45, 7) is 28.1. The molecule has 0 atom stereocenters. The van der Waals surface area contributed by atoms with Gasteiger partial charge in [0, 0.05) is 18.5 Å². The van der Waals surface area contributed by atoms with Crippen LogP contribution in [0.3, 0.4) is 0 Å². The molecule has 0 bridgehead atoms. The van der Waals surface area contributed by atoms with Crippen LogP contribution in [-0.2, 0) is 0 Å². The van der Waals surface area contributed by atoms with Crippen molar-refractivity contribution in [2.24, 2.45) is 9.98 Å². The largest absolute Gasteiger partial charge is 0.438 e. The fourth-order valence-corrected chi connectivity index (χ4v) is 3.25. The number of aliphatic imine (C=N–C) groups is 2. The van der Waals surface area contributed by atoms with Crippen molar-refractivity contribution in [1.82, 2.24) is 4.98 Å². The van der Waals surface area contributed by atoms with Crippen molar-refractivity contribution in [3.8, 4) is 11.6 Å². The van der Waals surface area contributed by atoms with E-state index < -0.39 is 0 Å². The summed E-state index contributed by atoms with van der Waals surface area (Å²) >= 11 is 0. The maximum absolute atomic E-state index is 6.04. The van der Waals surface area contributed by atoms with Crippen LogP contribution in [0.25, 0.3) is 5.70 Å². The van der Waals surface area contributed by atoms with Gasteiger partial charge in [0.1, 0.15) is 5.75 Å². The first-order valence-electron chi connectivity index (χ1n) is 15.0. The van der Waals surface area contributed by atoms with Crippen LogP contribution in [0.1, 0.15) is 124 Å². The fourth-order valence-electron chi connectivity index (χ4n) is 3.25. The third-order valence-corrected chi connectivity index (χ3v) is 5.01. The van der Waals surface area contributed by atoms with Crippen molar-refractivity contribution >= 4 is 18.6 Å². The van der Waals surface area contributed by atoms with Gasteiger partial charge in [0.15, 0.2) is 0 Å². The summed E-state index contributed by atoms with van der Waals surface area (Å²) in [6, 6.07) is 10.3. The van der Waals surface area contributed by atoms with Crippen LogP contribution in [0.15, 0.2) is 52.6 Å². The summed E-state index contributed by atoms with van der Waals surface area (Å²) < 4.78 is 6.04. The Morgan fingerprint density at radius 1 is 0.921 bits per heavy atom. The highest BCUT2D eigenvalue weighted by atomic mass is 16.5. The molecule has 1 aromatic heterocycles. The van der Waals surface area contributed by atoms with E-state index in [1.54, 1.807) is 6.20 Å². The monoisotopic (exact) mass is 525 g/mol. The highest BCUT2D eigenvalue weighted by molar-refractivity contribution is 5.86. The van der Waals surface area contributed by atoms with Gasteiger partial charge in [-0.2, -0.15) is 0 Å². The predicted molar refractivity (Wildman–Crippen MR) is 174 cm³/mol. The van der Waals surface area contributed by atoms with Crippen molar-refractivity contribution < 1.29 is 4.74 Å². The van der Waals surface area contributed by atoms with Gasteiger partial charge in [0.2, 0.25) is 5.88 Å². The summed E-state index contributed by atoms with van der Waals surface area (Å²) in [7, 11) is 0. The molecule has 1 aliphatic carbocycles. The molecule has 216 valence electrons. The van der Waals surface area contributed by atoms with E-state index >= 15 is 0 Å². The minimum absolute atomic E-state index is 0.432. The van der Waals surface area contributed by atoms with Gasteiger partial charge < -0.3 is 4.74 Å². The lowest BCUT2D eigenvalue weighted by molar-refractivity contribution is 0.444. The smallest absolute Gasteiger partial charge is 0.228 e. The normalized spacial score (nSPS) is 12.4. The molecule has 0 radical (unpaired) electrons. The third kappa shape index (κ3) is 16.9. The molecule has 2 aromatic rings. The fraction of sp³-hybridized carbons (Fsp3) is 0.559. The van der Waals surface area contributed by atoms with Gasteiger partial charge >= 0.3 is 0 Å². The first-order valence-corrected chi connectivity index (χ1v) is 15.0. The number of ether oxygens (including phenoxy) is 1. The lowest BCUT2D eigenvalue weighted by Crippen LogP contribution is -2.09. The Hall–Kier alpha value is -2.75. The molecule has 0 saturated heterocycles. The van der Waals surface area contributed by atoms with Gasteiger partial charge in [0.25, 0.3) is 0 Å². The van der Waals surface area contributed by atoms with Gasteiger partial charge in [-0.15, -0.1) is 0 Å². The molecule has 0 aliphatic heterocycles. The van der Waals surface area contributed by atoms with E-state index in [2.05, 4.69) is 49.4 Å². The topological polar surface area (TPSA) is 46.8 Å². The van der Waals surface area contributed by atoms with Crippen molar-refractivity contribution in [3.05, 3.63) is 59.3 Å². The Morgan fingerprint density at radius 2 is 1.50 bits per heavy atom. The molecular weight excluding hydrogens is 466 g/mol. The van der Waals surface area contributed by atoms with E-state index in [4.69, 9.17) is 4.74 Å². The molecule has 0 unspecified atom stereocenters. The Morgan fingerprint density at radius 3 is 2.03 bits per heavy atom. The minimum Gasteiger partial charge on any atom is -0.438 e. The molecule has 0 N–H and O–H groups in total. The minimum atomic E-state index is 0.432. The number of rotatable bonds is 6. The second-order valence-electron chi connectivity index (χ2n) is 7.71. The lowest BCUT2D eigenvalue weighted by atomic mass is 9.96. The summed E-state index contributed by atoms with van der Waals surface area (Å²) in [5.41, 5.74) is 3.93. The Bertz CT molecular complexity index is 866. The number of benzene rings is 1. The van der Waals surface area contributed by atoms with Crippen molar-refractivity contribution in [2.75, 3.05) is 0 Å². The number of aromatic nitrogens is 1. The summed E-state index contributed by atoms with van der Waals surface area (Å²) in [6.07, 6.45) is 12.9. The second-order valence-corrected chi connectivity index (χ2v) is 7.71. The van der Waals surface area contributed by atoms with Crippen LogP contribution >= 0.6 is 0 Å². The van der Waals surface area contributed by atoms with Crippen LogP contribution in [-0.4, -0.2) is 24.0 Å². The zero-order chi connectivity index (χ0) is 29.8. The van der Waals surface area contributed by atoms with E-state index in [0.717, 1.165) is 11.3 Å². The average molecular weight is 526 g/mol. The molecule has 1 saturated carbocycles. The molecule has 3 rings (SSSR count). The molecule has 1 fully saturated rings. The molecule has 4 nitrogen and oxygen atoms in total. The zero-order valence-corrected chi connectivity index (χ0v) is 26.9. The van der Waals surface area contributed by atoms with Crippen LogP contribution in [0.5, 0.6) is 11.6 Å². The predicted octanol–water partition coefficient (Wildman–Crippen LogP) is 11.5. The van der Waals surface area contributed by atoms with Crippen LogP contribution in [0.4, 0.5) is 0 Å². The maximum Gasteiger partial charge on any atom is 0.228 e. The second kappa shape index (κ2) is 28.8. The zero-order valence-electron chi connectivity index (χ0n) is 26.9. The van der Waals surface area contributed by atoms with E-state index in [1.807, 2.05) is 98.0 Å². The highest BCUT2D eigenvalue weighted by Gasteiger charge is 2.12. The number of hydrogen-bond donors (Lipinski definition) is 0. The van der Waals surface area contributed by atoms with E-state index in [-0.39, 0.29) is 0 Å². The molecule has 0 spiro atoms. The quantitative estimate of drug-likeness (QED) is 0.352. The van der Waals surface area contributed by atoms with Crippen molar-refractivity contribution in [1.29, 1.82) is 0 Å². The molecule has 4 heteroatoms. The van der Waals surface area contributed by atoms with Gasteiger partial charge in [-0.25, -0.2) is 4.98 Å². The number of pyridine rings is 1. The molecule has 1 aromatic carbocycles. The van der Waals surface area contributed by atoms with Crippen LogP contribution < -0.4 is 4.74 Å². The van der Waals surface area contributed by atoms with Crippen LogP contribution in [0.2, 0.25) is 0 Å². The summed E-state index contributed by atoms with van der Waals surface area (Å²) in [4.78, 5) is 13.3. The van der Waals surface area contributed by atoms with E-state index in [1.165, 1.54) is 49.7 Å². The first-order chi connectivity index (χ1) is 18.6. The number of nitrogens with zero attached hydrogens (tertiary/aromatic N) is 3. The molecule has 0 amide bonds. The van der Waals surface area contributed by atoms with Crippen molar-refractivity contribution in [3.63, 3.8) is 0 Å². The van der Waals surface area contributed by atoms with E-state index in [9.17, 15) is 0 Å². The molecule has 1 heterocycles. The van der Waals surface area contributed by atoms with Crippen LogP contribution in [0, 0.1) is 13.8 Å². The van der Waals surface area contributed by atoms with Gasteiger partial charge in [-0.05, 0) is 74.9 Å². The average Bonchev–Trinajstić information content (AvgIpc) is 2.99. The summed E-state index contributed by atoms with van der Waals surface area (Å²) in [5, 5.41) is 0. The van der Waals surface area contributed by atoms with Gasteiger partial charge in [-0.1, -0.05) is 101 Å². The molecule has 38 heavy (non-hydrogen) atoms. The Kier molecular flexibility index (Phi) is 30.1. The summed E-state index contributed by atoms with van der Waals surface area (Å²) in [5.74, 6) is 1.28. The van der Waals surface area contributed by atoms with Gasteiger partial charge in [0.05, 0.1) is 11.3 Å². The standard InChI is InChI=1S/C23H27N3O.C3H8.4C2H6/c1-17-11-12-20(16-18(17)2)27-23-21(10-7-14-26-23)22(24-3)13-15-25-19-8-5-4-6-9-19;1-3-2;4*1-2/h7,10-16,19H,3-6,8-9H2,1-2H3;3H2,1-2H3;4*1-2H3/b22-13-,25-15?;;;;;. The Labute approximate surface area is 236 Å². The number of aryl methyl sites for hydroxylation is 2. The number of allylic oxidation sites excluding steroid dienone is 1. The van der Waals surface area contributed by atoms with E-state index in [0.29, 0.717) is 17.6 Å². The maximum atomic E-state index is 6.04. The first kappa shape index (κ1) is 39.8. The number of hydrogen-bond acceptors (Lipinski definition) is 4. The Balaban J connectivity index is -0.000000982. The lowest BCUT2D eigenvalue weighted by Gasteiger charge is -2.16. The third-order valence-electron chi connectivity index (χ3n) is 5.01. The highest BCUT2D eigenvalue weighted by Crippen LogP contribution is 2.29. The van der Waals surface area contributed by atoms with Gasteiger partial charge in [-0.3, -0.25) is 9.98 Å². The molecular formula is C34H59N3O. The van der Waals surface area contributed by atoms with Crippen molar-refractivity contribution in [2.45, 2.75) is 128 Å².